The van der Waals surface area contributed by atoms with Gasteiger partial charge in [-0.3, -0.25) is 9.69 Å². The number of hydrogen-bond donors (Lipinski definition) is 0. The van der Waals surface area contributed by atoms with Crippen LogP contribution in [0, 0.1) is 0 Å². The summed E-state index contributed by atoms with van der Waals surface area (Å²) < 4.78 is 1.07. The van der Waals surface area contributed by atoms with Gasteiger partial charge < -0.3 is 4.90 Å². The molecular weight excluding hydrogens is 352 g/mol. The molecule has 0 radical (unpaired) electrons. The van der Waals surface area contributed by atoms with E-state index in [1.54, 1.807) is 0 Å². The van der Waals surface area contributed by atoms with E-state index >= 15 is 0 Å². The zero-order chi connectivity index (χ0) is 16.4. The van der Waals surface area contributed by atoms with Gasteiger partial charge in [-0.05, 0) is 49.3 Å². The lowest BCUT2D eigenvalue weighted by atomic mass is 10.0. The molecule has 1 unspecified atom stereocenters. The van der Waals surface area contributed by atoms with E-state index in [4.69, 9.17) is 0 Å². The van der Waals surface area contributed by atoms with Gasteiger partial charge in [-0.1, -0.05) is 53.2 Å². The molecule has 0 aromatic heterocycles. The zero-order valence-electron chi connectivity index (χ0n) is 13.5. The van der Waals surface area contributed by atoms with Gasteiger partial charge in [-0.15, -0.1) is 0 Å². The molecule has 3 rings (SSSR count). The first-order valence-electron chi connectivity index (χ1n) is 7.96. The Morgan fingerprint density at radius 3 is 2.70 bits per heavy atom. The minimum Gasteiger partial charge on any atom is -0.310 e. The van der Waals surface area contributed by atoms with Crippen molar-refractivity contribution in [2.45, 2.75) is 19.4 Å². The van der Waals surface area contributed by atoms with Crippen LogP contribution in [0.25, 0.3) is 0 Å². The van der Waals surface area contributed by atoms with Gasteiger partial charge in [-0.25, -0.2) is 0 Å². The van der Waals surface area contributed by atoms with E-state index in [2.05, 4.69) is 33.8 Å². The van der Waals surface area contributed by atoms with Crippen molar-refractivity contribution >= 4 is 27.5 Å². The van der Waals surface area contributed by atoms with Crippen molar-refractivity contribution in [3.63, 3.8) is 0 Å². The molecule has 0 saturated heterocycles. The number of likely N-dealkylation sites (N-methyl/N-ethyl adjacent to an activating group) is 1. The Bertz CT molecular complexity index is 702. The highest BCUT2D eigenvalue weighted by atomic mass is 79.9. The lowest BCUT2D eigenvalue weighted by Gasteiger charge is -2.30. The van der Waals surface area contributed by atoms with Crippen LogP contribution in [-0.4, -0.2) is 30.9 Å². The summed E-state index contributed by atoms with van der Waals surface area (Å²) in [4.78, 5) is 17.3. The summed E-state index contributed by atoms with van der Waals surface area (Å²) in [5, 5.41) is 0. The van der Waals surface area contributed by atoms with Gasteiger partial charge in [0.25, 0.3) is 0 Å². The molecule has 1 atom stereocenters. The molecule has 23 heavy (non-hydrogen) atoms. The highest BCUT2D eigenvalue weighted by Gasteiger charge is 2.33. The number of hydrogen-bond acceptors (Lipinski definition) is 2. The van der Waals surface area contributed by atoms with Crippen LogP contribution < -0.4 is 4.90 Å². The summed E-state index contributed by atoms with van der Waals surface area (Å²) in [6, 6.07) is 16.0. The van der Waals surface area contributed by atoms with Crippen LogP contribution in [-0.2, 0) is 11.2 Å². The monoisotopic (exact) mass is 372 g/mol. The Hall–Kier alpha value is -1.65. The van der Waals surface area contributed by atoms with Crippen molar-refractivity contribution in [2.75, 3.05) is 25.0 Å². The largest absolute Gasteiger partial charge is 0.310 e. The van der Waals surface area contributed by atoms with E-state index in [1.165, 1.54) is 5.56 Å². The highest BCUT2D eigenvalue weighted by molar-refractivity contribution is 9.10. The third-order valence-corrected chi connectivity index (χ3v) is 4.99. The molecule has 1 amide bonds. The fraction of sp³-hybridized carbons (Fsp3) is 0.316. The Balaban J connectivity index is 1.94. The number of amides is 1. The third kappa shape index (κ3) is 3.19. The molecule has 0 aliphatic carbocycles. The minimum atomic E-state index is -0.240. The number of anilines is 1. The Morgan fingerprint density at radius 1 is 1.26 bits per heavy atom. The lowest BCUT2D eigenvalue weighted by Crippen LogP contribution is -2.41. The van der Waals surface area contributed by atoms with Crippen molar-refractivity contribution in [3.8, 4) is 0 Å². The number of carbonyl (C=O) groups excluding carboxylic acids is 1. The van der Waals surface area contributed by atoms with E-state index < -0.39 is 0 Å². The summed E-state index contributed by atoms with van der Waals surface area (Å²) in [6.07, 6.45) is 0.915. The zero-order valence-corrected chi connectivity index (χ0v) is 15.1. The number of carbonyl (C=O) groups is 1. The summed E-state index contributed by atoms with van der Waals surface area (Å²) in [5.74, 6) is 0.154. The van der Waals surface area contributed by atoms with Gasteiger partial charge in [0.15, 0.2) is 0 Å². The van der Waals surface area contributed by atoms with Crippen LogP contribution in [0.4, 0.5) is 5.69 Å². The third-order valence-electron chi connectivity index (χ3n) is 4.49. The number of nitrogens with zero attached hydrogens (tertiary/aromatic N) is 2. The molecule has 3 nitrogen and oxygen atoms in total. The van der Waals surface area contributed by atoms with Crippen molar-refractivity contribution < 1.29 is 4.79 Å². The van der Waals surface area contributed by atoms with E-state index in [1.807, 2.05) is 54.4 Å². The SMILES string of the molecule is CCN(C)C(C(=O)N1CCc2cc(Br)ccc21)c1ccccc1. The smallest absolute Gasteiger partial charge is 0.248 e. The summed E-state index contributed by atoms with van der Waals surface area (Å²) in [5.41, 5.74) is 3.33. The van der Waals surface area contributed by atoms with Crippen LogP contribution in [0.5, 0.6) is 0 Å². The Labute approximate surface area is 146 Å². The van der Waals surface area contributed by atoms with Crippen molar-refractivity contribution in [2.24, 2.45) is 0 Å². The van der Waals surface area contributed by atoms with Gasteiger partial charge in [0.05, 0.1) is 0 Å². The molecule has 1 aliphatic rings. The summed E-state index contributed by atoms with van der Waals surface area (Å²) in [7, 11) is 2.01. The van der Waals surface area contributed by atoms with Gasteiger partial charge >= 0.3 is 0 Å². The number of rotatable bonds is 4. The molecule has 0 N–H and O–H groups in total. The van der Waals surface area contributed by atoms with E-state index in [0.29, 0.717) is 0 Å². The minimum absolute atomic E-state index is 0.154. The maximum absolute atomic E-state index is 13.3. The number of benzene rings is 2. The van der Waals surface area contributed by atoms with Crippen molar-refractivity contribution in [1.29, 1.82) is 0 Å². The van der Waals surface area contributed by atoms with Crippen LogP contribution in [0.2, 0.25) is 0 Å². The molecule has 1 aliphatic heterocycles. The van der Waals surface area contributed by atoms with E-state index in [0.717, 1.165) is 35.2 Å². The Kier molecular flexibility index (Phi) is 4.83. The topological polar surface area (TPSA) is 23.6 Å². The first kappa shape index (κ1) is 16.2. The van der Waals surface area contributed by atoms with Crippen LogP contribution in [0.3, 0.4) is 0 Å². The van der Waals surface area contributed by atoms with Crippen LogP contribution in [0.1, 0.15) is 24.1 Å². The predicted molar refractivity (Wildman–Crippen MR) is 97.7 cm³/mol. The van der Waals surface area contributed by atoms with Crippen molar-refractivity contribution in [1.82, 2.24) is 4.90 Å². The second-order valence-electron chi connectivity index (χ2n) is 5.90. The van der Waals surface area contributed by atoms with Gasteiger partial charge in [0.2, 0.25) is 5.91 Å². The van der Waals surface area contributed by atoms with Gasteiger partial charge in [0, 0.05) is 16.7 Å². The van der Waals surface area contributed by atoms with Crippen molar-refractivity contribution in [3.05, 3.63) is 64.1 Å². The fourth-order valence-electron chi connectivity index (χ4n) is 3.15. The second-order valence-corrected chi connectivity index (χ2v) is 6.82. The molecule has 0 fully saturated rings. The lowest BCUT2D eigenvalue weighted by molar-refractivity contribution is -0.123. The first-order valence-corrected chi connectivity index (χ1v) is 8.76. The number of halogens is 1. The molecule has 1 heterocycles. The molecule has 0 saturated carbocycles. The highest BCUT2D eigenvalue weighted by Crippen LogP contribution is 2.33. The molecule has 0 bridgehead atoms. The second kappa shape index (κ2) is 6.85. The molecular formula is C19H21BrN2O. The average molecular weight is 373 g/mol. The standard InChI is InChI=1S/C19H21BrN2O/c1-3-21(2)18(14-7-5-4-6-8-14)19(23)22-12-11-15-13-16(20)9-10-17(15)22/h4-10,13,18H,3,11-12H2,1-2H3. The molecule has 120 valence electrons. The van der Waals surface area contributed by atoms with Crippen LogP contribution in [0.15, 0.2) is 53.0 Å². The maximum atomic E-state index is 13.3. The molecule has 2 aromatic carbocycles. The molecule has 4 heteroatoms. The molecule has 2 aromatic rings. The normalized spacial score (nSPS) is 14.9. The van der Waals surface area contributed by atoms with Crippen LogP contribution >= 0.6 is 15.9 Å². The average Bonchev–Trinajstić information content (AvgIpc) is 2.98. The quantitative estimate of drug-likeness (QED) is 0.808. The first-order chi connectivity index (χ1) is 11.1. The van der Waals surface area contributed by atoms with E-state index in [-0.39, 0.29) is 11.9 Å². The fourth-order valence-corrected chi connectivity index (χ4v) is 3.56. The number of fused-ring (bicyclic) bond motifs is 1. The van der Waals surface area contributed by atoms with Gasteiger partial charge in [-0.2, -0.15) is 0 Å². The summed E-state index contributed by atoms with van der Waals surface area (Å²) >= 11 is 3.51. The molecule has 0 spiro atoms. The van der Waals surface area contributed by atoms with E-state index in [9.17, 15) is 4.79 Å². The van der Waals surface area contributed by atoms with Gasteiger partial charge in [0.1, 0.15) is 6.04 Å². The maximum Gasteiger partial charge on any atom is 0.248 e. The predicted octanol–water partition coefficient (Wildman–Crippen LogP) is 4.03. The Morgan fingerprint density at radius 2 is 2.00 bits per heavy atom. The summed E-state index contributed by atoms with van der Waals surface area (Å²) in [6.45, 7) is 3.66.